The lowest BCUT2D eigenvalue weighted by Crippen LogP contribution is -2.34. The standard InChI is InChI=1S/C6H12O5/c1-10-2-3-4(7)5(8)6(9)11-3/h3-9H,2H2,1H3/t3?,4-,5-,6-/m1/s1. The molecule has 0 saturated carbocycles. The fraction of sp³-hybridized carbons (Fsp3) is 1.00. The van der Waals surface area contributed by atoms with Crippen molar-refractivity contribution in [3.05, 3.63) is 0 Å². The molecular formula is C6H12O5. The first-order valence-corrected chi connectivity index (χ1v) is 3.35. The third-order valence-corrected chi connectivity index (χ3v) is 1.67. The van der Waals surface area contributed by atoms with E-state index in [1.807, 2.05) is 0 Å². The van der Waals surface area contributed by atoms with Gasteiger partial charge in [0.25, 0.3) is 0 Å². The summed E-state index contributed by atoms with van der Waals surface area (Å²) in [5.74, 6) is 0. The molecule has 1 heterocycles. The molecule has 1 unspecified atom stereocenters. The summed E-state index contributed by atoms with van der Waals surface area (Å²) in [6.45, 7) is 0.162. The van der Waals surface area contributed by atoms with E-state index in [1.54, 1.807) is 0 Å². The maximum atomic E-state index is 9.14. The average molecular weight is 164 g/mol. The van der Waals surface area contributed by atoms with Crippen molar-refractivity contribution in [3.63, 3.8) is 0 Å². The van der Waals surface area contributed by atoms with E-state index in [4.69, 9.17) is 20.1 Å². The van der Waals surface area contributed by atoms with Gasteiger partial charge in [-0.1, -0.05) is 0 Å². The lowest BCUT2D eigenvalue weighted by atomic mass is 10.1. The van der Waals surface area contributed by atoms with Crippen LogP contribution in [0.1, 0.15) is 0 Å². The van der Waals surface area contributed by atoms with E-state index in [1.165, 1.54) is 7.11 Å². The monoisotopic (exact) mass is 164 g/mol. The predicted octanol–water partition coefficient (Wildman–Crippen LogP) is -1.93. The lowest BCUT2D eigenvalue weighted by Gasteiger charge is -2.11. The van der Waals surface area contributed by atoms with Gasteiger partial charge in [-0.25, -0.2) is 0 Å². The van der Waals surface area contributed by atoms with Crippen molar-refractivity contribution >= 4 is 0 Å². The van der Waals surface area contributed by atoms with Crippen LogP contribution < -0.4 is 0 Å². The molecule has 0 radical (unpaired) electrons. The Balaban J connectivity index is 2.45. The van der Waals surface area contributed by atoms with Crippen molar-refractivity contribution in [1.29, 1.82) is 0 Å². The van der Waals surface area contributed by atoms with Gasteiger partial charge < -0.3 is 24.8 Å². The van der Waals surface area contributed by atoms with Crippen molar-refractivity contribution in [3.8, 4) is 0 Å². The number of hydrogen-bond acceptors (Lipinski definition) is 5. The molecule has 1 saturated heterocycles. The Labute approximate surface area is 64.2 Å². The van der Waals surface area contributed by atoms with Crippen molar-refractivity contribution in [2.45, 2.75) is 24.6 Å². The number of methoxy groups -OCH3 is 1. The van der Waals surface area contributed by atoms with E-state index >= 15 is 0 Å². The van der Waals surface area contributed by atoms with E-state index in [0.29, 0.717) is 0 Å². The second-order valence-electron chi connectivity index (χ2n) is 2.50. The Kier molecular flexibility index (Phi) is 2.80. The molecule has 0 aromatic rings. The Bertz CT molecular complexity index is 128. The number of ether oxygens (including phenoxy) is 2. The van der Waals surface area contributed by atoms with Crippen LogP contribution in [0.2, 0.25) is 0 Å². The molecule has 0 aromatic carbocycles. The zero-order valence-corrected chi connectivity index (χ0v) is 6.17. The first-order valence-electron chi connectivity index (χ1n) is 3.35. The highest BCUT2D eigenvalue weighted by Crippen LogP contribution is 2.19. The second-order valence-corrected chi connectivity index (χ2v) is 2.50. The number of hydrogen-bond donors (Lipinski definition) is 3. The maximum absolute atomic E-state index is 9.14. The zero-order valence-electron chi connectivity index (χ0n) is 6.17. The lowest BCUT2D eigenvalue weighted by molar-refractivity contribution is -0.134. The summed E-state index contributed by atoms with van der Waals surface area (Å²) in [7, 11) is 1.45. The fourth-order valence-electron chi connectivity index (χ4n) is 1.03. The number of aliphatic hydroxyl groups excluding tert-OH is 3. The highest BCUT2D eigenvalue weighted by atomic mass is 16.7. The molecule has 4 atom stereocenters. The first-order chi connectivity index (χ1) is 5.16. The van der Waals surface area contributed by atoms with Crippen LogP contribution >= 0.6 is 0 Å². The predicted molar refractivity (Wildman–Crippen MR) is 34.8 cm³/mol. The van der Waals surface area contributed by atoms with Crippen LogP contribution in [0.15, 0.2) is 0 Å². The maximum Gasteiger partial charge on any atom is 0.184 e. The van der Waals surface area contributed by atoms with Crippen LogP contribution in [0.25, 0.3) is 0 Å². The minimum atomic E-state index is -1.30. The molecule has 3 N–H and O–H groups in total. The third-order valence-electron chi connectivity index (χ3n) is 1.67. The Morgan fingerprint density at radius 3 is 2.27 bits per heavy atom. The van der Waals surface area contributed by atoms with Gasteiger partial charge >= 0.3 is 0 Å². The van der Waals surface area contributed by atoms with Crippen LogP contribution in [0.4, 0.5) is 0 Å². The third kappa shape index (κ3) is 1.69. The molecule has 0 spiro atoms. The summed E-state index contributed by atoms with van der Waals surface area (Å²) in [6.07, 6.45) is -4.23. The normalized spacial score (nSPS) is 44.7. The van der Waals surface area contributed by atoms with Crippen LogP contribution in [0, 0.1) is 0 Å². The number of rotatable bonds is 2. The second kappa shape index (κ2) is 3.46. The van der Waals surface area contributed by atoms with Crippen LogP contribution in [0.5, 0.6) is 0 Å². The van der Waals surface area contributed by atoms with Crippen molar-refractivity contribution in [1.82, 2.24) is 0 Å². The van der Waals surface area contributed by atoms with Gasteiger partial charge in [0, 0.05) is 7.11 Å². The molecule has 66 valence electrons. The minimum Gasteiger partial charge on any atom is -0.387 e. The van der Waals surface area contributed by atoms with E-state index in [0.717, 1.165) is 0 Å². The molecule has 1 rings (SSSR count). The van der Waals surface area contributed by atoms with Gasteiger partial charge in [-0.3, -0.25) is 0 Å². The molecule has 0 aromatic heterocycles. The molecule has 5 nitrogen and oxygen atoms in total. The zero-order chi connectivity index (χ0) is 8.43. The molecule has 1 aliphatic heterocycles. The van der Waals surface area contributed by atoms with Gasteiger partial charge in [0.05, 0.1) is 6.61 Å². The van der Waals surface area contributed by atoms with Gasteiger partial charge in [-0.2, -0.15) is 0 Å². The molecule has 5 heteroatoms. The summed E-state index contributed by atoms with van der Waals surface area (Å²) in [5.41, 5.74) is 0. The summed E-state index contributed by atoms with van der Waals surface area (Å²) < 4.78 is 9.44. The van der Waals surface area contributed by atoms with Gasteiger partial charge in [0.1, 0.15) is 18.3 Å². The summed E-state index contributed by atoms with van der Waals surface area (Å²) >= 11 is 0. The van der Waals surface area contributed by atoms with E-state index in [2.05, 4.69) is 4.74 Å². The Morgan fingerprint density at radius 2 is 1.91 bits per heavy atom. The summed E-state index contributed by atoms with van der Waals surface area (Å²) in [6, 6.07) is 0. The fourth-order valence-corrected chi connectivity index (χ4v) is 1.03. The van der Waals surface area contributed by atoms with Gasteiger partial charge in [0.2, 0.25) is 0 Å². The molecule has 0 amide bonds. The molecule has 1 aliphatic rings. The molecule has 0 bridgehead atoms. The topological polar surface area (TPSA) is 79.2 Å². The van der Waals surface area contributed by atoms with Crippen LogP contribution in [0.3, 0.4) is 0 Å². The van der Waals surface area contributed by atoms with Crippen molar-refractivity contribution in [2.75, 3.05) is 13.7 Å². The van der Waals surface area contributed by atoms with Crippen molar-refractivity contribution < 1.29 is 24.8 Å². The van der Waals surface area contributed by atoms with Crippen molar-refractivity contribution in [2.24, 2.45) is 0 Å². The highest BCUT2D eigenvalue weighted by molar-refractivity contribution is 4.85. The van der Waals surface area contributed by atoms with E-state index < -0.39 is 24.6 Å². The number of aliphatic hydroxyl groups is 3. The average Bonchev–Trinajstić information content (AvgIpc) is 2.19. The first kappa shape index (κ1) is 8.89. The summed E-state index contributed by atoms with van der Waals surface area (Å²) in [4.78, 5) is 0. The van der Waals surface area contributed by atoms with Crippen LogP contribution in [-0.4, -0.2) is 53.6 Å². The smallest absolute Gasteiger partial charge is 0.184 e. The molecule has 11 heavy (non-hydrogen) atoms. The van der Waals surface area contributed by atoms with Gasteiger partial charge in [0.15, 0.2) is 6.29 Å². The molecule has 0 aliphatic carbocycles. The van der Waals surface area contributed by atoms with Gasteiger partial charge in [-0.15, -0.1) is 0 Å². The van der Waals surface area contributed by atoms with E-state index in [-0.39, 0.29) is 6.61 Å². The van der Waals surface area contributed by atoms with E-state index in [9.17, 15) is 0 Å². The SMILES string of the molecule is COCC1O[C@@H](O)[C@H](O)[C@@H]1O. The largest absolute Gasteiger partial charge is 0.387 e. The quantitative estimate of drug-likeness (QED) is 0.443. The Morgan fingerprint density at radius 1 is 1.27 bits per heavy atom. The Hall–Kier alpha value is -0.200. The van der Waals surface area contributed by atoms with Gasteiger partial charge in [-0.05, 0) is 0 Å². The van der Waals surface area contributed by atoms with Crippen LogP contribution in [-0.2, 0) is 9.47 Å². The molecular weight excluding hydrogens is 152 g/mol. The summed E-state index contributed by atoms with van der Waals surface area (Å²) in [5, 5.41) is 27.0. The molecule has 1 fully saturated rings. The minimum absolute atomic E-state index is 0.162. The highest BCUT2D eigenvalue weighted by Gasteiger charge is 2.41.